The first-order chi connectivity index (χ1) is 14.2. The molecular formula is C19H16N10. The second kappa shape index (κ2) is 6.04. The lowest BCUT2D eigenvalue weighted by molar-refractivity contribution is 0.514. The molecule has 1 aliphatic heterocycles. The minimum atomic E-state index is 0.199. The molecule has 4 N–H and O–H groups in total. The number of imidazole rings is 1. The Morgan fingerprint density at radius 3 is 2.86 bits per heavy atom. The van der Waals surface area contributed by atoms with Gasteiger partial charge in [-0.2, -0.15) is 5.10 Å². The van der Waals surface area contributed by atoms with Crippen molar-refractivity contribution in [3.8, 4) is 22.8 Å². The van der Waals surface area contributed by atoms with Crippen molar-refractivity contribution in [3.05, 3.63) is 43.0 Å². The van der Waals surface area contributed by atoms with E-state index in [0.29, 0.717) is 17.1 Å². The van der Waals surface area contributed by atoms with Gasteiger partial charge in [0.05, 0.1) is 29.0 Å². The highest BCUT2D eigenvalue weighted by atomic mass is 15.3. The number of aromatic nitrogens is 8. The molecule has 0 unspecified atom stereocenters. The van der Waals surface area contributed by atoms with Gasteiger partial charge in [-0.25, -0.2) is 19.9 Å². The van der Waals surface area contributed by atoms with Crippen LogP contribution in [0.1, 0.15) is 0 Å². The monoisotopic (exact) mass is 384 g/mol. The lowest BCUT2D eigenvalue weighted by Crippen LogP contribution is -2.56. The summed E-state index contributed by atoms with van der Waals surface area (Å²) in [6.45, 7) is 1.59. The van der Waals surface area contributed by atoms with Gasteiger partial charge < -0.3 is 15.6 Å². The number of fused-ring (bicyclic) bond motifs is 2. The van der Waals surface area contributed by atoms with Crippen molar-refractivity contribution in [2.45, 2.75) is 6.04 Å². The Kier molecular flexibility index (Phi) is 3.35. The lowest BCUT2D eigenvalue weighted by atomic mass is 10.1. The van der Waals surface area contributed by atoms with E-state index in [9.17, 15) is 0 Å². The highest BCUT2D eigenvalue weighted by Crippen LogP contribution is 2.29. The van der Waals surface area contributed by atoms with E-state index < -0.39 is 0 Å². The molecule has 10 nitrogen and oxygen atoms in total. The molecule has 1 saturated heterocycles. The summed E-state index contributed by atoms with van der Waals surface area (Å²) in [4.78, 5) is 27.8. The van der Waals surface area contributed by atoms with Crippen molar-refractivity contribution in [2.24, 2.45) is 5.73 Å². The second-order valence-corrected chi connectivity index (χ2v) is 7.08. The van der Waals surface area contributed by atoms with Gasteiger partial charge >= 0.3 is 0 Å². The van der Waals surface area contributed by atoms with Gasteiger partial charge in [-0.05, 0) is 18.2 Å². The van der Waals surface area contributed by atoms with Crippen LogP contribution < -0.4 is 10.6 Å². The molecule has 1 aliphatic rings. The number of H-pyrrole nitrogens is 2. The number of hydrogen-bond donors (Lipinski definition) is 3. The van der Waals surface area contributed by atoms with Crippen LogP contribution in [-0.2, 0) is 0 Å². The maximum absolute atomic E-state index is 5.88. The van der Waals surface area contributed by atoms with Crippen LogP contribution in [-0.4, -0.2) is 59.2 Å². The van der Waals surface area contributed by atoms with Gasteiger partial charge in [0.25, 0.3) is 0 Å². The number of hydrogen-bond acceptors (Lipinski definition) is 8. The highest BCUT2D eigenvalue weighted by molar-refractivity contribution is 5.92. The fourth-order valence-electron chi connectivity index (χ4n) is 3.53. The molecular weight excluding hydrogens is 368 g/mol. The van der Waals surface area contributed by atoms with Gasteiger partial charge in [0.2, 0.25) is 0 Å². The molecule has 0 amide bonds. The van der Waals surface area contributed by atoms with Crippen LogP contribution in [0.3, 0.4) is 0 Å². The van der Waals surface area contributed by atoms with Gasteiger partial charge in [0, 0.05) is 37.1 Å². The number of rotatable bonds is 3. The Morgan fingerprint density at radius 1 is 1.07 bits per heavy atom. The van der Waals surface area contributed by atoms with Crippen LogP contribution in [0, 0.1) is 0 Å². The van der Waals surface area contributed by atoms with Crippen molar-refractivity contribution in [1.29, 1.82) is 0 Å². The number of nitrogens with zero attached hydrogens (tertiary/aromatic N) is 7. The third kappa shape index (κ3) is 2.61. The summed E-state index contributed by atoms with van der Waals surface area (Å²) in [5.41, 5.74) is 10.4. The smallest absolute Gasteiger partial charge is 0.181 e. The van der Waals surface area contributed by atoms with Crippen molar-refractivity contribution in [1.82, 2.24) is 40.1 Å². The van der Waals surface area contributed by atoms with Gasteiger partial charge in [-0.15, -0.1) is 0 Å². The molecule has 0 bridgehead atoms. The first kappa shape index (κ1) is 16.1. The number of nitrogens with two attached hydrogens (primary N) is 1. The van der Waals surface area contributed by atoms with E-state index in [1.165, 1.54) is 0 Å². The molecule has 0 aromatic carbocycles. The van der Waals surface area contributed by atoms with E-state index in [2.05, 4.69) is 40.0 Å². The van der Waals surface area contributed by atoms with E-state index in [-0.39, 0.29) is 6.04 Å². The minimum Gasteiger partial charge on any atom is -0.352 e. The summed E-state index contributed by atoms with van der Waals surface area (Å²) in [5, 5.41) is 8.18. The summed E-state index contributed by atoms with van der Waals surface area (Å²) >= 11 is 0. The number of aromatic amines is 2. The Balaban J connectivity index is 1.43. The van der Waals surface area contributed by atoms with E-state index in [4.69, 9.17) is 10.7 Å². The Bertz CT molecular complexity index is 1310. The van der Waals surface area contributed by atoms with Crippen LogP contribution in [0.5, 0.6) is 0 Å². The summed E-state index contributed by atoms with van der Waals surface area (Å²) in [5.74, 6) is 1.48. The maximum atomic E-state index is 5.88. The highest BCUT2D eigenvalue weighted by Gasteiger charge is 2.24. The topological polar surface area (TPSA) is 138 Å². The molecule has 0 radical (unpaired) electrons. The van der Waals surface area contributed by atoms with E-state index >= 15 is 0 Å². The summed E-state index contributed by atoms with van der Waals surface area (Å²) in [6.07, 6.45) is 6.96. The Labute approximate surface area is 164 Å². The Hall–Kier alpha value is -3.92. The molecule has 29 heavy (non-hydrogen) atoms. The average molecular weight is 384 g/mol. The van der Waals surface area contributed by atoms with Gasteiger partial charge in [0.15, 0.2) is 17.1 Å². The largest absolute Gasteiger partial charge is 0.352 e. The zero-order chi connectivity index (χ0) is 19.4. The second-order valence-electron chi connectivity index (χ2n) is 7.08. The van der Waals surface area contributed by atoms with E-state index in [1.54, 1.807) is 24.8 Å². The normalized spacial score (nSPS) is 14.6. The predicted molar refractivity (Wildman–Crippen MR) is 108 cm³/mol. The first-order valence-corrected chi connectivity index (χ1v) is 9.23. The molecule has 142 valence electrons. The third-order valence-corrected chi connectivity index (χ3v) is 5.06. The molecule has 5 aromatic heterocycles. The number of nitrogens with one attached hydrogen (secondary N) is 2. The molecule has 0 atom stereocenters. The zero-order valence-corrected chi connectivity index (χ0v) is 15.2. The molecule has 6 rings (SSSR count). The summed E-state index contributed by atoms with van der Waals surface area (Å²) in [6, 6.07) is 6.00. The zero-order valence-electron chi connectivity index (χ0n) is 15.2. The maximum Gasteiger partial charge on any atom is 0.181 e. The molecule has 1 fully saturated rings. The number of anilines is 1. The first-order valence-electron chi connectivity index (χ1n) is 9.23. The molecule has 6 heterocycles. The molecule has 0 spiro atoms. The predicted octanol–water partition coefficient (Wildman–Crippen LogP) is 1.50. The van der Waals surface area contributed by atoms with Gasteiger partial charge in [0.1, 0.15) is 11.5 Å². The quantitative estimate of drug-likeness (QED) is 0.425. The summed E-state index contributed by atoms with van der Waals surface area (Å²) < 4.78 is 0. The Morgan fingerprint density at radius 2 is 2.00 bits per heavy atom. The molecule has 10 heteroatoms. The van der Waals surface area contributed by atoms with E-state index in [1.807, 2.05) is 18.2 Å². The standard InChI is InChI=1S/C19H16N10/c20-11-8-29(9-11)15-7-21-6-14(24-15)10-4-12-16(27-28-17(12)23-5-10)19-25-13-2-1-3-22-18(13)26-19/h1-7,11H,8-9,20H2,(H,22,25,26)(H,23,27,28). The fourth-order valence-corrected chi connectivity index (χ4v) is 3.53. The SMILES string of the molecule is NC1CN(c2cncc(-c3cnc4n[nH]c(-c5nc6ncccc6[nH]5)c4c3)n2)C1. The molecule has 5 aromatic rings. The minimum absolute atomic E-state index is 0.199. The number of pyridine rings is 2. The third-order valence-electron chi connectivity index (χ3n) is 5.06. The van der Waals surface area contributed by atoms with Crippen LogP contribution in [0.4, 0.5) is 5.82 Å². The lowest BCUT2D eigenvalue weighted by Gasteiger charge is -2.37. The van der Waals surface area contributed by atoms with E-state index in [0.717, 1.165) is 46.8 Å². The molecule has 0 aliphatic carbocycles. The van der Waals surface area contributed by atoms with Crippen LogP contribution >= 0.6 is 0 Å². The van der Waals surface area contributed by atoms with Gasteiger partial charge in [-0.3, -0.25) is 10.1 Å². The van der Waals surface area contributed by atoms with Crippen molar-refractivity contribution in [2.75, 3.05) is 18.0 Å². The van der Waals surface area contributed by atoms with Crippen LogP contribution in [0.2, 0.25) is 0 Å². The van der Waals surface area contributed by atoms with Crippen molar-refractivity contribution in [3.63, 3.8) is 0 Å². The molecule has 0 saturated carbocycles. The van der Waals surface area contributed by atoms with Crippen LogP contribution in [0.25, 0.3) is 45.0 Å². The van der Waals surface area contributed by atoms with Crippen molar-refractivity contribution >= 4 is 28.0 Å². The average Bonchev–Trinajstić information content (AvgIpc) is 3.34. The van der Waals surface area contributed by atoms with Crippen LogP contribution in [0.15, 0.2) is 43.0 Å². The van der Waals surface area contributed by atoms with Gasteiger partial charge in [-0.1, -0.05) is 0 Å². The summed E-state index contributed by atoms with van der Waals surface area (Å²) in [7, 11) is 0. The van der Waals surface area contributed by atoms with Crippen molar-refractivity contribution < 1.29 is 0 Å². The fraction of sp³-hybridized carbons (Fsp3) is 0.158.